The number of rotatable bonds is 10. The van der Waals surface area contributed by atoms with Crippen molar-refractivity contribution in [3.63, 3.8) is 0 Å². The van der Waals surface area contributed by atoms with Crippen molar-refractivity contribution in [1.82, 2.24) is 9.88 Å². The fourth-order valence-corrected chi connectivity index (χ4v) is 6.55. The van der Waals surface area contributed by atoms with E-state index in [1.165, 1.54) is 18.6 Å². The molecule has 1 aliphatic rings. The summed E-state index contributed by atoms with van der Waals surface area (Å²) in [6, 6.07) is 2.83. The number of carbonyl (C=O) groups excluding carboxylic acids is 2. The molecule has 202 valence electrons. The van der Waals surface area contributed by atoms with Crippen LogP contribution in [0.4, 0.5) is 8.78 Å². The number of hydrogen-bond donors (Lipinski definition) is 2. The van der Waals surface area contributed by atoms with Crippen LogP contribution in [0, 0.1) is 17.0 Å². The van der Waals surface area contributed by atoms with Crippen molar-refractivity contribution < 1.29 is 41.8 Å². The van der Waals surface area contributed by atoms with E-state index in [0.717, 1.165) is 18.3 Å². The van der Waals surface area contributed by atoms with Gasteiger partial charge in [-0.05, 0) is 26.8 Å². The molecule has 10 nitrogen and oxygen atoms in total. The van der Waals surface area contributed by atoms with E-state index in [-0.39, 0.29) is 43.7 Å². The summed E-state index contributed by atoms with van der Waals surface area (Å²) in [6.45, 7) is 4.45. The summed E-state index contributed by atoms with van der Waals surface area (Å²) >= 11 is 0. The SMILES string of the molecule is CCOP(=O)(CC1(C)C(=O)c2c(O)c(=O)c(C(=O)NCc3ccc(F)cc3F)cn2CC1OC)OCC. The summed E-state index contributed by atoms with van der Waals surface area (Å²) in [6.07, 6.45) is -0.145. The molecule has 1 aliphatic heterocycles. The molecule has 2 atom stereocenters. The number of benzene rings is 1. The molecule has 0 radical (unpaired) electrons. The summed E-state index contributed by atoms with van der Waals surface area (Å²) in [5.41, 5.74) is -3.50. The Kier molecular flexibility index (Phi) is 8.69. The lowest BCUT2D eigenvalue weighted by Crippen LogP contribution is -2.52. The molecule has 0 spiro atoms. The van der Waals surface area contributed by atoms with Crippen molar-refractivity contribution in [3.05, 3.63) is 63.1 Å². The van der Waals surface area contributed by atoms with Gasteiger partial charge in [-0.2, -0.15) is 0 Å². The molecule has 2 N–H and O–H groups in total. The molecular formula is C24H29F2N2O8P. The summed E-state index contributed by atoms with van der Waals surface area (Å²) in [7, 11) is -2.39. The third kappa shape index (κ3) is 5.67. The minimum Gasteiger partial charge on any atom is -0.503 e. The van der Waals surface area contributed by atoms with Crippen LogP contribution in [0.25, 0.3) is 0 Å². The van der Waals surface area contributed by atoms with Gasteiger partial charge in [0.05, 0.1) is 37.4 Å². The molecular weight excluding hydrogens is 513 g/mol. The van der Waals surface area contributed by atoms with E-state index in [0.29, 0.717) is 6.07 Å². The molecule has 0 saturated carbocycles. The number of nitrogens with one attached hydrogen (secondary N) is 1. The fraction of sp³-hybridized carbons (Fsp3) is 0.458. The summed E-state index contributed by atoms with van der Waals surface area (Å²) < 4.78 is 57.7. The van der Waals surface area contributed by atoms with E-state index in [9.17, 15) is 32.8 Å². The molecule has 1 amide bonds. The van der Waals surface area contributed by atoms with Gasteiger partial charge in [0.1, 0.15) is 22.9 Å². The maximum Gasteiger partial charge on any atom is 0.331 e. The van der Waals surface area contributed by atoms with Crippen LogP contribution in [0.5, 0.6) is 5.75 Å². The van der Waals surface area contributed by atoms with Crippen LogP contribution in [0.2, 0.25) is 0 Å². The number of aromatic hydroxyl groups is 1. The zero-order valence-electron chi connectivity index (χ0n) is 20.9. The molecule has 1 aromatic carbocycles. The van der Waals surface area contributed by atoms with Gasteiger partial charge in [-0.15, -0.1) is 0 Å². The van der Waals surface area contributed by atoms with Crippen molar-refractivity contribution in [1.29, 1.82) is 0 Å². The Morgan fingerprint density at radius 3 is 2.46 bits per heavy atom. The molecule has 37 heavy (non-hydrogen) atoms. The maximum absolute atomic E-state index is 13.9. The molecule has 1 aromatic heterocycles. The smallest absolute Gasteiger partial charge is 0.331 e. The number of ketones is 1. The second-order valence-electron chi connectivity index (χ2n) is 8.72. The van der Waals surface area contributed by atoms with Crippen LogP contribution in [-0.2, 0) is 31.4 Å². The standard InChI is InChI=1S/C24H29F2N2O8P/c1-5-35-37(33,36-6-2)13-24(3)18(34-4)12-28-11-16(20(29)21(30)19(28)22(24)31)23(32)27-10-14-7-8-15(25)9-17(14)26/h7-9,11,18,30H,5-6,10,12-13H2,1-4H3,(H,27,32). The normalized spacial score (nSPS) is 19.5. The van der Waals surface area contributed by atoms with Crippen molar-refractivity contribution in [2.45, 2.75) is 40.0 Å². The number of aromatic nitrogens is 1. The minimum absolute atomic E-state index is 0.0181. The van der Waals surface area contributed by atoms with E-state index in [2.05, 4.69) is 5.32 Å². The number of amides is 1. The molecule has 2 aromatic rings. The Morgan fingerprint density at radius 2 is 1.89 bits per heavy atom. The van der Waals surface area contributed by atoms with Gasteiger partial charge in [-0.3, -0.25) is 18.9 Å². The first kappa shape index (κ1) is 28.6. The minimum atomic E-state index is -3.74. The summed E-state index contributed by atoms with van der Waals surface area (Å²) in [4.78, 5) is 39.2. The summed E-state index contributed by atoms with van der Waals surface area (Å²) in [5, 5.41) is 13.0. The number of halogens is 2. The number of fused-ring (bicyclic) bond motifs is 1. The lowest BCUT2D eigenvalue weighted by atomic mass is 9.77. The fourth-order valence-electron chi connectivity index (χ4n) is 4.36. The third-order valence-corrected chi connectivity index (χ3v) is 8.57. The summed E-state index contributed by atoms with van der Waals surface area (Å²) in [5.74, 6) is -4.30. The van der Waals surface area contributed by atoms with E-state index >= 15 is 0 Å². The van der Waals surface area contributed by atoms with Gasteiger partial charge >= 0.3 is 7.60 Å². The van der Waals surface area contributed by atoms with Crippen LogP contribution < -0.4 is 10.7 Å². The number of pyridine rings is 1. The Morgan fingerprint density at radius 1 is 1.24 bits per heavy atom. The van der Waals surface area contributed by atoms with Crippen LogP contribution in [-0.4, -0.2) is 54.0 Å². The largest absolute Gasteiger partial charge is 0.503 e. The number of carbonyl (C=O) groups is 2. The van der Waals surface area contributed by atoms with Crippen LogP contribution >= 0.6 is 7.60 Å². The molecule has 0 aliphatic carbocycles. The van der Waals surface area contributed by atoms with Crippen molar-refractivity contribution in [2.75, 3.05) is 26.5 Å². The molecule has 0 fully saturated rings. The van der Waals surface area contributed by atoms with Gasteiger partial charge < -0.3 is 28.8 Å². The van der Waals surface area contributed by atoms with E-state index in [1.54, 1.807) is 13.8 Å². The van der Waals surface area contributed by atoms with Crippen molar-refractivity contribution in [3.8, 4) is 5.75 Å². The second-order valence-corrected chi connectivity index (χ2v) is 10.8. The Bertz CT molecular complexity index is 1300. The molecule has 0 saturated heterocycles. The molecule has 13 heteroatoms. The number of methoxy groups -OCH3 is 1. The van der Waals surface area contributed by atoms with Gasteiger partial charge in [-0.1, -0.05) is 6.07 Å². The number of ether oxygens (including phenoxy) is 1. The molecule has 0 bridgehead atoms. The Labute approximate surface area is 212 Å². The highest BCUT2D eigenvalue weighted by Crippen LogP contribution is 2.55. The zero-order valence-corrected chi connectivity index (χ0v) is 21.8. The maximum atomic E-state index is 13.9. The predicted octanol–water partition coefficient (Wildman–Crippen LogP) is 3.25. The van der Waals surface area contributed by atoms with E-state index < -0.39 is 59.2 Å². The number of nitrogens with zero attached hydrogens (tertiary/aromatic N) is 1. The highest BCUT2D eigenvalue weighted by Gasteiger charge is 2.52. The quantitative estimate of drug-likeness (QED) is 0.438. The average molecular weight is 542 g/mol. The predicted molar refractivity (Wildman–Crippen MR) is 129 cm³/mol. The zero-order chi connectivity index (χ0) is 27.5. The molecule has 3 rings (SSSR count). The topological polar surface area (TPSA) is 133 Å². The third-order valence-electron chi connectivity index (χ3n) is 6.22. The van der Waals surface area contributed by atoms with Crippen LogP contribution in [0.1, 0.15) is 47.2 Å². The first-order valence-corrected chi connectivity index (χ1v) is 13.3. The van der Waals surface area contributed by atoms with Crippen molar-refractivity contribution >= 4 is 19.3 Å². The number of Topliss-reactive ketones (excluding diaryl/α,β-unsaturated/α-hetero) is 1. The first-order chi connectivity index (χ1) is 17.4. The van der Waals surface area contributed by atoms with Gasteiger partial charge in [0.2, 0.25) is 5.43 Å². The van der Waals surface area contributed by atoms with Gasteiger partial charge in [0.15, 0.2) is 11.5 Å². The molecule has 2 heterocycles. The molecule has 2 unspecified atom stereocenters. The van der Waals surface area contributed by atoms with Gasteiger partial charge in [0.25, 0.3) is 5.91 Å². The van der Waals surface area contributed by atoms with E-state index in [1.807, 2.05) is 0 Å². The average Bonchev–Trinajstić information content (AvgIpc) is 2.82. The lowest BCUT2D eigenvalue weighted by Gasteiger charge is -2.41. The van der Waals surface area contributed by atoms with Crippen molar-refractivity contribution in [2.24, 2.45) is 5.41 Å². The first-order valence-electron chi connectivity index (χ1n) is 11.5. The highest BCUT2D eigenvalue weighted by molar-refractivity contribution is 7.53. The lowest BCUT2D eigenvalue weighted by molar-refractivity contribution is -0.00850. The highest BCUT2D eigenvalue weighted by atomic mass is 31.2. The van der Waals surface area contributed by atoms with Gasteiger partial charge in [-0.25, -0.2) is 8.78 Å². The van der Waals surface area contributed by atoms with E-state index in [4.69, 9.17) is 13.8 Å². The van der Waals surface area contributed by atoms with Crippen LogP contribution in [0.15, 0.2) is 29.2 Å². The Balaban J connectivity index is 1.97. The Hall–Kier alpha value is -2.92. The van der Waals surface area contributed by atoms with Crippen LogP contribution in [0.3, 0.4) is 0 Å². The number of hydrogen-bond acceptors (Lipinski definition) is 8. The monoisotopic (exact) mass is 542 g/mol. The second kappa shape index (κ2) is 11.2. The van der Waals surface area contributed by atoms with Gasteiger partial charge in [0, 0.05) is 31.5 Å².